The van der Waals surface area contributed by atoms with Gasteiger partial charge in [0, 0.05) is 27.8 Å². The van der Waals surface area contributed by atoms with Gasteiger partial charge in [-0.25, -0.2) is 4.39 Å². The Labute approximate surface area is 85.8 Å². The fourth-order valence-corrected chi connectivity index (χ4v) is 2.41. The molecular weight excluding hydrogens is 201 g/mol. The van der Waals surface area contributed by atoms with Crippen LogP contribution in [0.25, 0.3) is 0 Å². The molecule has 0 aliphatic heterocycles. The number of benzene rings is 1. The molecule has 0 heterocycles. The maximum Gasteiger partial charge on any atom is 0.129 e. The lowest BCUT2D eigenvalue weighted by Gasteiger charge is -2.05. The standard InChI is InChI=1S/C10H14FNOS/c1-2-6-14(13)7-8-9(11)4-3-5-10(8)12/h3-5H,2,6-7,12H2,1H3. The number of halogens is 1. The van der Waals surface area contributed by atoms with Gasteiger partial charge in [-0.15, -0.1) is 0 Å². The first-order valence-electron chi connectivity index (χ1n) is 4.53. The van der Waals surface area contributed by atoms with Crippen molar-refractivity contribution >= 4 is 16.5 Å². The van der Waals surface area contributed by atoms with E-state index in [1.807, 2.05) is 6.92 Å². The van der Waals surface area contributed by atoms with Gasteiger partial charge in [-0.1, -0.05) is 13.0 Å². The zero-order valence-corrected chi connectivity index (χ0v) is 8.94. The van der Waals surface area contributed by atoms with Crippen molar-refractivity contribution in [2.45, 2.75) is 19.1 Å². The quantitative estimate of drug-likeness (QED) is 0.781. The van der Waals surface area contributed by atoms with Crippen LogP contribution in [-0.2, 0) is 16.6 Å². The molecule has 78 valence electrons. The molecule has 2 N–H and O–H groups in total. The van der Waals surface area contributed by atoms with E-state index in [-0.39, 0.29) is 11.6 Å². The van der Waals surface area contributed by atoms with Gasteiger partial charge >= 0.3 is 0 Å². The van der Waals surface area contributed by atoms with Gasteiger partial charge in [-0.2, -0.15) is 0 Å². The Morgan fingerprint density at radius 1 is 1.50 bits per heavy atom. The van der Waals surface area contributed by atoms with Gasteiger partial charge in [0.05, 0.1) is 5.75 Å². The van der Waals surface area contributed by atoms with Crippen molar-refractivity contribution in [1.82, 2.24) is 0 Å². The molecule has 0 aliphatic carbocycles. The Hall–Kier alpha value is -0.900. The fraction of sp³-hybridized carbons (Fsp3) is 0.400. The molecule has 4 heteroatoms. The SMILES string of the molecule is CCCS(=O)Cc1c(N)cccc1F. The summed E-state index contributed by atoms with van der Waals surface area (Å²) < 4.78 is 24.6. The van der Waals surface area contributed by atoms with Gasteiger partial charge in [0.25, 0.3) is 0 Å². The van der Waals surface area contributed by atoms with Crippen LogP contribution in [0.1, 0.15) is 18.9 Å². The molecule has 14 heavy (non-hydrogen) atoms. The summed E-state index contributed by atoms with van der Waals surface area (Å²) in [6.45, 7) is 1.95. The average Bonchev–Trinajstić information content (AvgIpc) is 2.12. The molecule has 0 aromatic heterocycles. The minimum absolute atomic E-state index is 0.215. The summed E-state index contributed by atoms with van der Waals surface area (Å²) >= 11 is 0. The van der Waals surface area contributed by atoms with Gasteiger partial charge in [-0.05, 0) is 18.6 Å². The third kappa shape index (κ3) is 2.80. The van der Waals surface area contributed by atoms with E-state index in [1.54, 1.807) is 12.1 Å². The van der Waals surface area contributed by atoms with Crippen molar-refractivity contribution in [3.63, 3.8) is 0 Å². The van der Waals surface area contributed by atoms with Crippen LogP contribution in [0.3, 0.4) is 0 Å². The van der Waals surface area contributed by atoms with Crippen LogP contribution < -0.4 is 5.73 Å². The molecule has 0 bridgehead atoms. The summed E-state index contributed by atoms with van der Waals surface area (Å²) in [7, 11) is -1.01. The van der Waals surface area contributed by atoms with Gasteiger partial charge in [0.2, 0.25) is 0 Å². The summed E-state index contributed by atoms with van der Waals surface area (Å²) in [4.78, 5) is 0. The van der Waals surface area contributed by atoms with Gasteiger partial charge in [-0.3, -0.25) is 4.21 Å². The number of hydrogen-bond donors (Lipinski definition) is 1. The Morgan fingerprint density at radius 2 is 2.21 bits per heavy atom. The van der Waals surface area contributed by atoms with Gasteiger partial charge in [0.1, 0.15) is 5.82 Å². The molecule has 1 atom stereocenters. The Bertz CT molecular complexity index is 321. The lowest BCUT2D eigenvalue weighted by molar-refractivity contribution is 0.616. The van der Waals surface area contributed by atoms with Crippen molar-refractivity contribution in [3.8, 4) is 0 Å². The Kier molecular flexibility index (Phi) is 4.07. The highest BCUT2D eigenvalue weighted by Crippen LogP contribution is 2.17. The van der Waals surface area contributed by atoms with Crippen LogP contribution in [-0.4, -0.2) is 9.96 Å². The molecule has 1 rings (SSSR count). The molecule has 2 nitrogen and oxygen atoms in total. The third-order valence-corrected chi connectivity index (χ3v) is 3.37. The van der Waals surface area contributed by atoms with Crippen LogP contribution >= 0.6 is 0 Å². The number of anilines is 1. The van der Waals surface area contributed by atoms with Crippen LogP contribution in [0.4, 0.5) is 10.1 Å². The molecule has 0 radical (unpaired) electrons. The van der Waals surface area contributed by atoms with Crippen molar-refractivity contribution in [2.75, 3.05) is 11.5 Å². The van der Waals surface area contributed by atoms with E-state index in [9.17, 15) is 8.60 Å². The van der Waals surface area contributed by atoms with Crippen LogP contribution in [0.2, 0.25) is 0 Å². The molecule has 0 fully saturated rings. The highest BCUT2D eigenvalue weighted by molar-refractivity contribution is 7.84. The highest BCUT2D eigenvalue weighted by atomic mass is 32.2. The lowest BCUT2D eigenvalue weighted by atomic mass is 10.2. The third-order valence-electron chi connectivity index (χ3n) is 1.89. The second kappa shape index (κ2) is 5.10. The van der Waals surface area contributed by atoms with E-state index in [0.717, 1.165) is 6.42 Å². The lowest BCUT2D eigenvalue weighted by Crippen LogP contribution is -2.05. The van der Waals surface area contributed by atoms with Crippen LogP contribution in [0.5, 0.6) is 0 Å². The minimum atomic E-state index is -1.01. The maximum atomic E-state index is 13.2. The molecular formula is C10H14FNOS. The molecule has 0 saturated carbocycles. The second-order valence-electron chi connectivity index (χ2n) is 3.10. The van der Waals surface area contributed by atoms with E-state index in [0.29, 0.717) is 17.0 Å². The molecule has 1 unspecified atom stereocenters. The molecule has 0 saturated heterocycles. The second-order valence-corrected chi connectivity index (χ2v) is 4.67. The largest absolute Gasteiger partial charge is 0.398 e. The van der Waals surface area contributed by atoms with Gasteiger partial charge in [0.15, 0.2) is 0 Å². The first-order chi connectivity index (χ1) is 6.65. The zero-order valence-electron chi connectivity index (χ0n) is 8.13. The topological polar surface area (TPSA) is 43.1 Å². The zero-order chi connectivity index (χ0) is 10.6. The number of nitrogens with two attached hydrogens (primary N) is 1. The summed E-state index contributed by atoms with van der Waals surface area (Å²) in [6.07, 6.45) is 0.834. The first-order valence-corrected chi connectivity index (χ1v) is 6.01. The smallest absolute Gasteiger partial charge is 0.129 e. The Morgan fingerprint density at radius 3 is 2.79 bits per heavy atom. The van der Waals surface area contributed by atoms with Crippen LogP contribution in [0.15, 0.2) is 18.2 Å². The Balaban J connectivity index is 2.80. The fourth-order valence-electron chi connectivity index (χ4n) is 1.19. The van der Waals surface area contributed by atoms with Gasteiger partial charge < -0.3 is 5.73 Å². The monoisotopic (exact) mass is 215 g/mol. The van der Waals surface area contributed by atoms with Crippen molar-refractivity contribution in [1.29, 1.82) is 0 Å². The molecule has 1 aromatic rings. The maximum absolute atomic E-state index is 13.2. The van der Waals surface area contributed by atoms with E-state index in [4.69, 9.17) is 5.73 Å². The molecule has 0 amide bonds. The molecule has 0 spiro atoms. The van der Waals surface area contributed by atoms with Crippen molar-refractivity contribution in [2.24, 2.45) is 0 Å². The number of nitrogen functional groups attached to an aromatic ring is 1. The van der Waals surface area contributed by atoms with Crippen molar-refractivity contribution < 1.29 is 8.60 Å². The summed E-state index contributed by atoms with van der Waals surface area (Å²) in [6, 6.07) is 4.52. The van der Waals surface area contributed by atoms with Crippen molar-refractivity contribution in [3.05, 3.63) is 29.6 Å². The van der Waals surface area contributed by atoms with E-state index < -0.39 is 10.8 Å². The molecule has 0 aliphatic rings. The number of hydrogen-bond acceptors (Lipinski definition) is 2. The van der Waals surface area contributed by atoms with E-state index in [2.05, 4.69) is 0 Å². The first kappa shape index (κ1) is 11.2. The van der Waals surface area contributed by atoms with E-state index in [1.165, 1.54) is 6.07 Å². The molecule has 1 aromatic carbocycles. The summed E-state index contributed by atoms with van der Waals surface area (Å²) in [5.41, 5.74) is 6.35. The normalized spacial score (nSPS) is 12.7. The van der Waals surface area contributed by atoms with E-state index >= 15 is 0 Å². The number of rotatable bonds is 4. The predicted octanol–water partition coefficient (Wildman–Crippen LogP) is 2.07. The highest BCUT2D eigenvalue weighted by Gasteiger charge is 2.09. The minimum Gasteiger partial charge on any atom is -0.398 e. The summed E-state index contributed by atoms with van der Waals surface area (Å²) in [5.74, 6) is 0.439. The average molecular weight is 215 g/mol. The predicted molar refractivity (Wildman–Crippen MR) is 57.8 cm³/mol. The summed E-state index contributed by atoms with van der Waals surface area (Å²) in [5, 5.41) is 0. The van der Waals surface area contributed by atoms with Crippen LogP contribution in [0, 0.1) is 5.82 Å².